The molecule has 3 atom stereocenters. The molecule has 0 aromatic carbocycles. The number of fused-ring (bicyclic) bond motifs is 2. The van der Waals surface area contributed by atoms with E-state index in [1.165, 1.54) is 19.4 Å². The van der Waals surface area contributed by atoms with E-state index in [4.69, 9.17) is 0 Å². The molecule has 1 aliphatic carbocycles. The summed E-state index contributed by atoms with van der Waals surface area (Å²) < 4.78 is 0. The molecule has 3 heteroatoms. The molecule has 0 spiro atoms. The second-order valence-corrected chi connectivity index (χ2v) is 5.53. The van der Waals surface area contributed by atoms with E-state index in [0.29, 0.717) is 11.6 Å². The molecule has 0 N–H and O–H groups in total. The topological polar surface area (TPSA) is 17.3 Å². The number of hydrogen-bond acceptors (Lipinski definition) is 1. The van der Waals surface area contributed by atoms with Crippen molar-refractivity contribution in [1.29, 1.82) is 0 Å². The summed E-state index contributed by atoms with van der Waals surface area (Å²) in [5.74, 6) is 0.856. The van der Waals surface area contributed by atoms with Crippen molar-refractivity contribution < 1.29 is 0 Å². The molecule has 2 nitrogen and oxygen atoms in total. The van der Waals surface area contributed by atoms with Crippen LogP contribution < -0.4 is 0 Å². The summed E-state index contributed by atoms with van der Waals surface area (Å²) in [5, 5.41) is 4.46. The van der Waals surface area contributed by atoms with Crippen molar-refractivity contribution >= 4 is 0 Å². The molecule has 14 heavy (non-hydrogen) atoms. The first-order chi connectivity index (χ1) is 6.02. The maximum Gasteiger partial charge on any atom is 0.0128 e. The van der Waals surface area contributed by atoms with E-state index in [-0.39, 0.29) is 0 Å². The van der Waals surface area contributed by atoms with Crippen LogP contribution >= 0.6 is 0 Å². The van der Waals surface area contributed by atoms with Crippen LogP contribution in [0.5, 0.6) is 0 Å². The van der Waals surface area contributed by atoms with E-state index in [0.717, 1.165) is 12.0 Å². The third-order valence-electron chi connectivity index (χ3n) is 3.70. The minimum absolute atomic E-state index is 0. The fourth-order valence-corrected chi connectivity index (χ4v) is 3.06. The average Bonchev–Trinajstić information content (AvgIpc) is 2.59. The first kappa shape index (κ1) is 11.0. The summed E-state index contributed by atoms with van der Waals surface area (Å²) in [6.07, 6.45) is 2.69. The maximum absolute atomic E-state index is 4.46. The van der Waals surface area contributed by atoms with E-state index >= 15 is 0 Å². The van der Waals surface area contributed by atoms with Gasteiger partial charge >= 0.3 is 0 Å². The smallest absolute Gasteiger partial charge is 0.0128 e. The van der Waals surface area contributed by atoms with Crippen LogP contribution in [0.25, 0.3) is 5.32 Å². The van der Waals surface area contributed by atoms with Crippen LogP contribution in [0, 0.1) is 5.92 Å². The van der Waals surface area contributed by atoms with Crippen LogP contribution in [0.1, 0.15) is 33.6 Å². The van der Waals surface area contributed by atoms with E-state index in [9.17, 15) is 0 Å². The van der Waals surface area contributed by atoms with Crippen molar-refractivity contribution in [1.82, 2.24) is 4.90 Å². The zero-order chi connectivity index (χ0) is 9.64. The predicted molar refractivity (Wildman–Crippen MR) is 56.0 cm³/mol. The number of nitrogens with zero attached hydrogens (tertiary/aromatic N) is 2. The molecular weight excluding hydrogens is 427 g/mol. The summed E-state index contributed by atoms with van der Waals surface area (Å²) in [7, 11) is 1.98. The van der Waals surface area contributed by atoms with Gasteiger partial charge in [0.25, 0.3) is 0 Å². The zero-order valence-corrected chi connectivity index (χ0v) is 16.4. The van der Waals surface area contributed by atoms with E-state index in [1.807, 2.05) is 7.05 Å². The van der Waals surface area contributed by atoms with Gasteiger partial charge in [-0.05, 0) is 33.1 Å². The summed E-state index contributed by atoms with van der Waals surface area (Å²) in [6.45, 7) is 8.25. The van der Waals surface area contributed by atoms with Crippen LogP contribution in [-0.4, -0.2) is 36.1 Å². The van der Waals surface area contributed by atoms with Gasteiger partial charge in [0.15, 0.2) is 0 Å². The van der Waals surface area contributed by atoms with Crippen molar-refractivity contribution in [3.63, 3.8) is 0 Å². The van der Waals surface area contributed by atoms with Gasteiger partial charge in [-0.15, -0.1) is 6.04 Å². The van der Waals surface area contributed by atoms with Gasteiger partial charge in [-0.3, -0.25) is 4.90 Å². The number of piperidine rings is 1. The molecule has 1 aliphatic heterocycles. The molecular formula is C11H21N2Rf-. The fourth-order valence-electron chi connectivity index (χ4n) is 3.06. The van der Waals surface area contributed by atoms with Crippen molar-refractivity contribution in [2.75, 3.05) is 13.6 Å². The minimum Gasteiger partial charge on any atom is -0.662 e. The molecule has 2 rings (SSSR count). The Kier molecular flexibility index (Phi) is 2.55. The van der Waals surface area contributed by atoms with Crippen molar-refractivity contribution in [3.05, 3.63) is 5.32 Å². The van der Waals surface area contributed by atoms with Crippen molar-refractivity contribution in [2.24, 2.45) is 5.92 Å². The molecule has 2 aliphatic rings. The predicted octanol–water partition coefficient (Wildman–Crippen LogP) is 2.25. The molecule has 0 amide bonds. The Balaban J connectivity index is 0.000000980. The fraction of sp³-hybridized carbons (Fsp3) is 1.00. The molecule has 0 radical (unpaired) electrons. The number of hydrogen-bond donors (Lipinski definition) is 0. The molecule has 1 saturated heterocycles. The van der Waals surface area contributed by atoms with Gasteiger partial charge in [0, 0.05) is 18.1 Å². The Labute approximate surface area is 81.7 Å². The van der Waals surface area contributed by atoms with E-state index < -0.39 is 0 Å². The standard InChI is InChI=1S/C11H21N2.Rf/c1-11(2,3)13-7-8-5-9(13)6-10(8)12-4;/h8-10H,5-7H2,1-4H3;/q-1;. The molecule has 1 saturated carbocycles. The third kappa shape index (κ3) is 1.48. The zero-order valence-electron chi connectivity index (χ0n) is 9.95. The van der Waals surface area contributed by atoms with Crippen LogP contribution in [0.2, 0.25) is 0 Å². The summed E-state index contributed by atoms with van der Waals surface area (Å²) in [4.78, 5) is 2.67. The van der Waals surface area contributed by atoms with Gasteiger partial charge in [0.05, 0.1) is 0 Å². The van der Waals surface area contributed by atoms with Gasteiger partial charge in [-0.1, -0.05) is 6.42 Å². The second kappa shape index (κ2) is 3.25. The molecule has 78 valence electrons. The Bertz CT molecular complexity index is 200. The molecule has 3 unspecified atom stereocenters. The Morgan fingerprint density at radius 1 is 1.21 bits per heavy atom. The van der Waals surface area contributed by atoms with Gasteiger partial charge in [-0.25, -0.2) is 0 Å². The van der Waals surface area contributed by atoms with Crippen LogP contribution in [0.4, 0.5) is 0 Å². The Morgan fingerprint density at radius 2 is 1.86 bits per heavy atom. The van der Waals surface area contributed by atoms with Crippen LogP contribution in [0.15, 0.2) is 0 Å². The molecule has 1 heterocycles. The summed E-state index contributed by atoms with van der Waals surface area (Å²) in [5.41, 5.74) is 0.359. The summed E-state index contributed by atoms with van der Waals surface area (Å²) >= 11 is 0. The SMILES string of the molecule is C[N-]C1CC2CC1CN2C(C)(C)C.[Rf]. The van der Waals surface area contributed by atoms with Crippen LogP contribution in [-0.2, 0) is 0 Å². The van der Waals surface area contributed by atoms with Crippen LogP contribution in [0.3, 0.4) is 0 Å². The van der Waals surface area contributed by atoms with Gasteiger partial charge in [0.2, 0.25) is 0 Å². The first-order valence-corrected chi connectivity index (χ1v) is 5.38. The number of rotatable bonds is 1. The van der Waals surface area contributed by atoms with Gasteiger partial charge in [-0.2, -0.15) is 7.05 Å². The summed E-state index contributed by atoms with van der Waals surface area (Å²) in [6, 6.07) is 1.49. The van der Waals surface area contributed by atoms with Crippen molar-refractivity contribution in [2.45, 2.75) is 51.2 Å². The maximum atomic E-state index is 4.46. The van der Waals surface area contributed by atoms with Crippen molar-refractivity contribution in [3.8, 4) is 0 Å². The van der Waals surface area contributed by atoms with E-state index in [2.05, 4.69) is 31.0 Å². The first-order valence-electron chi connectivity index (χ1n) is 5.38. The number of likely N-dealkylation sites (tertiary alicyclic amines) is 1. The Hall–Kier alpha value is -1.08. The molecule has 0 aromatic heterocycles. The normalized spacial score (nSPS) is 37.3. The largest absolute Gasteiger partial charge is 0.662 e. The Morgan fingerprint density at radius 3 is 2.21 bits per heavy atom. The molecule has 0 aromatic rings. The quantitative estimate of drug-likeness (QED) is 0.602. The second-order valence-electron chi connectivity index (χ2n) is 5.53. The van der Waals surface area contributed by atoms with E-state index in [1.54, 1.807) is 0 Å². The monoisotopic (exact) mass is 448 g/mol. The molecule has 2 bridgehead atoms. The molecule has 2 fully saturated rings. The van der Waals surface area contributed by atoms with Gasteiger partial charge < -0.3 is 5.32 Å². The average molecular weight is 448 g/mol. The minimum atomic E-state index is 0. The van der Waals surface area contributed by atoms with Gasteiger partial charge in [0.1, 0.15) is 0 Å². The third-order valence-corrected chi connectivity index (χ3v) is 3.70.